The summed E-state index contributed by atoms with van der Waals surface area (Å²) in [7, 11) is 0. The molecule has 0 radical (unpaired) electrons. The van der Waals surface area contributed by atoms with Crippen LogP contribution in [0, 0.1) is 11.8 Å². The molecule has 0 spiro atoms. The van der Waals surface area contributed by atoms with Gasteiger partial charge < -0.3 is 10.4 Å². The van der Waals surface area contributed by atoms with E-state index in [0.29, 0.717) is 18.7 Å². The molecule has 2 N–H and O–H groups in total. The summed E-state index contributed by atoms with van der Waals surface area (Å²) >= 11 is 0. The van der Waals surface area contributed by atoms with Crippen LogP contribution in [0.25, 0.3) is 0 Å². The topological polar surface area (TPSA) is 32.3 Å². The van der Waals surface area contributed by atoms with Gasteiger partial charge >= 0.3 is 0 Å². The number of nitrogens with one attached hydrogen (secondary N) is 1. The molecule has 1 rings (SSSR count). The summed E-state index contributed by atoms with van der Waals surface area (Å²) in [6.45, 7) is 7.19. The van der Waals surface area contributed by atoms with E-state index in [1.807, 2.05) is 0 Å². The summed E-state index contributed by atoms with van der Waals surface area (Å²) in [5, 5.41) is 12.7. The summed E-state index contributed by atoms with van der Waals surface area (Å²) in [4.78, 5) is 0. The van der Waals surface area contributed by atoms with Crippen LogP contribution in [0.3, 0.4) is 0 Å². The van der Waals surface area contributed by atoms with Crippen LogP contribution in [0.5, 0.6) is 0 Å². The zero-order valence-electron chi connectivity index (χ0n) is 11.2. The Morgan fingerprint density at radius 1 is 1.12 bits per heavy atom. The molecule has 2 atom stereocenters. The summed E-state index contributed by atoms with van der Waals surface area (Å²) in [5.74, 6) is 1.67. The number of aliphatic hydroxyl groups excluding tert-OH is 1. The predicted octanol–water partition coefficient (Wildman–Crippen LogP) is 2.95. The molecule has 96 valence electrons. The van der Waals surface area contributed by atoms with Crippen LogP contribution < -0.4 is 5.32 Å². The average molecular weight is 227 g/mol. The highest BCUT2D eigenvalue weighted by Gasteiger charge is 2.31. The third-order valence-corrected chi connectivity index (χ3v) is 3.55. The van der Waals surface area contributed by atoms with Crippen LogP contribution in [-0.2, 0) is 0 Å². The maximum atomic E-state index is 9.04. The molecule has 1 saturated carbocycles. The van der Waals surface area contributed by atoms with Crippen molar-refractivity contribution in [1.29, 1.82) is 0 Å². The molecule has 1 aliphatic rings. The highest BCUT2D eigenvalue weighted by molar-refractivity contribution is 4.87. The van der Waals surface area contributed by atoms with Gasteiger partial charge in [-0.3, -0.25) is 0 Å². The molecule has 0 aliphatic heterocycles. The smallest absolute Gasteiger partial charge is 0.0445 e. The van der Waals surface area contributed by atoms with Gasteiger partial charge in [0.05, 0.1) is 0 Å². The minimum absolute atomic E-state index is 0.326. The predicted molar refractivity (Wildman–Crippen MR) is 69.5 cm³/mol. The van der Waals surface area contributed by atoms with Crippen molar-refractivity contribution in [3.63, 3.8) is 0 Å². The summed E-state index contributed by atoms with van der Waals surface area (Å²) < 4.78 is 0. The molecule has 0 aromatic carbocycles. The number of hydrogen-bond donors (Lipinski definition) is 2. The second kappa shape index (κ2) is 7.29. The Hall–Kier alpha value is -0.0800. The SMILES string of the molecule is CC(C)CCCC(C)NC(CCO)C1CC1. The fourth-order valence-corrected chi connectivity index (χ4v) is 2.37. The minimum atomic E-state index is 0.326. The summed E-state index contributed by atoms with van der Waals surface area (Å²) in [6.07, 6.45) is 7.57. The molecule has 0 heterocycles. The van der Waals surface area contributed by atoms with Gasteiger partial charge in [-0.15, -0.1) is 0 Å². The molecular formula is C14H29NO. The van der Waals surface area contributed by atoms with Crippen molar-refractivity contribution in [1.82, 2.24) is 5.32 Å². The van der Waals surface area contributed by atoms with E-state index in [-0.39, 0.29) is 0 Å². The van der Waals surface area contributed by atoms with Gasteiger partial charge in [-0.1, -0.05) is 26.7 Å². The third kappa shape index (κ3) is 5.86. The van der Waals surface area contributed by atoms with Gasteiger partial charge in [0.25, 0.3) is 0 Å². The lowest BCUT2D eigenvalue weighted by atomic mass is 10.0. The fraction of sp³-hybridized carbons (Fsp3) is 1.00. The van der Waals surface area contributed by atoms with Crippen LogP contribution in [-0.4, -0.2) is 23.8 Å². The van der Waals surface area contributed by atoms with E-state index in [2.05, 4.69) is 26.1 Å². The van der Waals surface area contributed by atoms with Crippen molar-refractivity contribution in [3.8, 4) is 0 Å². The van der Waals surface area contributed by atoms with Gasteiger partial charge in [-0.25, -0.2) is 0 Å². The molecule has 1 aliphatic carbocycles. The lowest BCUT2D eigenvalue weighted by molar-refractivity contribution is 0.247. The van der Waals surface area contributed by atoms with Gasteiger partial charge in [0.2, 0.25) is 0 Å². The Kier molecular flexibility index (Phi) is 6.37. The van der Waals surface area contributed by atoms with E-state index >= 15 is 0 Å². The zero-order chi connectivity index (χ0) is 12.0. The average Bonchev–Trinajstić information content (AvgIpc) is 2.99. The Labute approximate surface area is 101 Å². The molecule has 16 heavy (non-hydrogen) atoms. The molecule has 2 nitrogen and oxygen atoms in total. The molecule has 0 saturated heterocycles. The van der Waals surface area contributed by atoms with E-state index in [1.165, 1.54) is 32.1 Å². The first-order valence-corrected chi connectivity index (χ1v) is 7.00. The lowest BCUT2D eigenvalue weighted by Crippen LogP contribution is -2.38. The molecule has 0 aromatic rings. The zero-order valence-corrected chi connectivity index (χ0v) is 11.2. The van der Waals surface area contributed by atoms with E-state index in [1.54, 1.807) is 0 Å². The van der Waals surface area contributed by atoms with E-state index in [0.717, 1.165) is 18.3 Å². The van der Waals surface area contributed by atoms with Crippen LogP contribution in [0.2, 0.25) is 0 Å². The van der Waals surface area contributed by atoms with Crippen molar-refractivity contribution in [3.05, 3.63) is 0 Å². The number of hydrogen-bond acceptors (Lipinski definition) is 2. The van der Waals surface area contributed by atoms with Gasteiger partial charge in [-0.2, -0.15) is 0 Å². The highest BCUT2D eigenvalue weighted by atomic mass is 16.3. The van der Waals surface area contributed by atoms with Crippen molar-refractivity contribution in [2.24, 2.45) is 11.8 Å². The summed E-state index contributed by atoms with van der Waals surface area (Å²) in [6, 6.07) is 1.18. The Balaban J connectivity index is 2.12. The first-order chi connectivity index (χ1) is 7.63. The Bertz CT molecular complexity index is 178. The van der Waals surface area contributed by atoms with E-state index in [9.17, 15) is 0 Å². The fourth-order valence-electron chi connectivity index (χ4n) is 2.37. The molecule has 2 unspecified atom stereocenters. The van der Waals surface area contributed by atoms with Crippen LogP contribution in [0.15, 0.2) is 0 Å². The van der Waals surface area contributed by atoms with Gasteiger partial charge in [0.15, 0.2) is 0 Å². The molecule has 0 amide bonds. The number of rotatable bonds is 9. The quantitative estimate of drug-likeness (QED) is 0.635. The Morgan fingerprint density at radius 3 is 2.31 bits per heavy atom. The highest BCUT2D eigenvalue weighted by Crippen LogP contribution is 2.34. The Morgan fingerprint density at radius 2 is 1.81 bits per heavy atom. The van der Waals surface area contributed by atoms with E-state index < -0.39 is 0 Å². The molecular weight excluding hydrogens is 198 g/mol. The number of aliphatic hydroxyl groups is 1. The van der Waals surface area contributed by atoms with E-state index in [4.69, 9.17) is 5.11 Å². The molecule has 1 fully saturated rings. The lowest BCUT2D eigenvalue weighted by Gasteiger charge is -2.23. The monoisotopic (exact) mass is 227 g/mol. The van der Waals surface area contributed by atoms with Crippen molar-refractivity contribution < 1.29 is 5.11 Å². The van der Waals surface area contributed by atoms with Gasteiger partial charge in [0, 0.05) is 18.7 Å². The third-order valence-electron chi connectivity index (χ3n) is 3.55. The van der Waals surface area contributed by atoms with Gasteiger partial charge in [0.1, 0.15) is 0 Å². The largest absolute Gasteiger partial charge is 0.396 e. The van der Waals surface area contributed by atoms with Crippen LogP contribution in [0.1, 0.15) is 59.3 Å². The standard InChI is InChI=1S/C14H29NO/c1-11(2)5-4-6-12(3)15-14(9-10-16)13-7-8-13/h11-16H,4-10H2,1-3H3. The maximum Gasteiger partial charge on any atom is 0.0445 e. The minimum Gasteiger partial charge on any atom is -0.396 e. The molecule has 0 bridgehead atoms. The second-order valence-corrected chi connectivity index (χ2v) is 5.85. The summed E-state index contributed by atoms with van der Waals surface area (Å²) in [5.41, 5.74) is 0. The molecule has 0 aromatic heterocycles. The second-order valence-electron chi connectivity index (χ2n) is 5.85. The normalized spacial score (nSPS) is 20.1. The van der Waals surface area contributed by atoms with Crippen molar-refractivity contribution >= 4 is 0 Å². The maximum absolute atomic E-state index is 9.04. The van der Waals surface area contributed by atoms with Crippen LogP contribution in [0.4, 0.5) is 0 Å². The van der Waals surface area contributed by atoms with Crippen molar-refractivity contribution in [2.75, 3.05) is 6.61 Å². The molecule has 2 heteroatoms. The van der Waals surface area contributed by atoms with Crippen LogP contribution >= 0.6 is 0 Å². The first kappa shape index (κ1) is 14.0. The first-order valence-electron chi connectivity index (χ1n) is 7.00. The van der Waals surface area contributed by atoms with Crippen molar-refractivity contribution in [2.45, 2.75) is 71.4 Å². The van der Waals surface area contributed by atoms with Gasteiger partial charge in [-0.05, 0) is 44.4 Å².